The van der Waals surface area contributed by atoms with Crippen molar-refractivity contribution in [2.45, 2.75) is 52.8 Å². The van der Waals surface area contributed by atoms with Gasteiger partial charge in [-0.1, -0.05) is 11.6 Å². The van der Waals surface area contributed by atoms with E-state index in [2.05, 4.69) is 31.1 Å². The Kier molecular flexibility index (Phi) is 6.72. The van der Waals surface area contributed by atoms with E-state index in [1.54, 1.807) is 6.20 Å². The molecule has 0 aliphatic rings. The summed E-state index contributed by atoms with van der Waals surface area (Å²) in [5.74, 6) is 0.457. The molecule has 1 N–H and O–H groups in total. The molecule has 1 aromatic rings. The van der Waals surface area contributed by atoms with E-state index in [0.717, 1.165) is 12.1 Å². The number of rotatable bonds is 7. The van der Waals surface area contributed by atoms with Crippen LogP contribution in [0.2, 0.25) is 5.02 Å². The number of nitrogens with zero attached hydrogens (tertiary/aromatic N) is 1. The average Bonchev–Trinajstić information content (AvgIpc) is 2.33. The highest BCUT2D eigenvalue weighted by Crippen LogP contribution is 2.22. The number of nitrogens with one attached hydrogen (secondary N) is 1. The van der Waals surface area contributed by atoms with Crippen molar-refractivity contribution in [3.8, 4) is 5.88 Å². The van der Waals surface area contributed by atoms with Crippen LogP contribution in [0.4, 0.5) is 0 Å². The van der Waals surface area contributed by atoms with Gasteiger partial charge in [-0.25, -0.2) is 4.98 Å². The van der Waals surface area contributed by atoms with E-state index in [-0.39, 0.29) is 11.6 Å². The number of hydrogen-bond donors (Lipinski definition) is 1. The van der Waals surface area contributed by atoms with Crippen LogP contribution in [-0.2, 0) is 11.3 Å². The summed E-state index contributed by atoms with van der Waals surface area (Å²) < 4.78 is 10.9. The van der Waals surface area contributed by atoms with E-state index in [9.17, 15) is 0 Å². The zero-order chi connectivity index (χ0) is 15.2. The normalized spacial score (nSPS) is 11.9. The average molecular weight is 301 g/mol. The molecule has 0 spiro atoms. The molecule has 0 aliphatic carbocycles. The molecule has 5 heteroatoms. The molecule has 0 saturated heterocycles. The summed E-state index contributed by atoms with van der Waals surface area (Å²) >= 11 is 6.16. The highest BCUT2D eigenvalue weighted by Gasteiger charge is 2.10. The number of hydrogen-bond acceptors (Lipinski definition) is 4. The van der Waals surface area contributed by atoms with Crippen molar-refractivity contribution in [1.29, 1.82) is 0 Å². The van der Waals surface area contributed by atoms with Crippen molar-refractivity contribution in [2.24, 2.45) is 0 Å². The molecule has 0 aromatic carbocycles. The molecule has 20 heavy (non-hydrogen) atoms. The minimum absolute atomic E-state index is 0.0653. The first-order chi connectivity index (χ1) is 9.28. The van der Waals surface area contributed by atoms with Crippen molar-refractivity contribution in [3.63, 3.8) is 0 Å². The molecule has 4 nitrogen and oxygen atoms in total. The fourth-order valence-electron chi connectivity index (χ4n) is 1.46. The first kappa shape index (κ1) is 17.2. The summed E-state index contributed by atoms with van der Waals surface area (Å²) in [4.78, 5) is 4.25. The summed E-state index contributed by atoms with van der Waals surface area (Å²) in [5, 5.41) is 3.92. The summed E-state index contributed by atoms with van der Waals surface area (Å²) in [6.45, 7) is 12.0. The highest BCUT2D eigenvalue weighted by molar-refractivity contribution is 6.31. The lowest BCUT2D eigenvalue weighted by Gasteiger charge is -2.20. The van der Waals surface area contributed by atoms with Crippen LogP contribution in [0.3, 0.4) is 0 Å². The van der Waals surface area contributed by atoms with Crippen LogP contribution in [-0.4, -0.2) is 29.8 Å². The maximum absolute atomic E-state index is 6.16. The van der Waals surface area contributed by atoms with Gasteiger partial charge in [0, 0.05) is 18.3 Å². The SMILES string of the molecule is CC(C)OCCOc1ncc(CNC(C)(C)C)cc1Cl. The van der Waals surface area contributed by atoms with Crippen molar-refractivity contribution < 1.29 is 9.47 Å². The first-order valence-electron chi connectivity index (χ1n) is 6.92. The van der Waals surface area contributed by atoms with Crippen LogP contribution in [0.5, 0.6) is 5.88 Å². The minimum atomic E-state index is 0.0653. The largest absolute Gasteiger partial charge is 0.474 e. The third kappa shape index (κ3) is 7.08. The molecule has 114 valence electrons. The predicted molar refractivity (Wildman–Crippen MR) is 82.4 cm³/mol. The van der Waals surface area contributed by atoms with E-state index in [4.69, 9.17) is 21.1 Å². The van der Waals surface area contributed by atoms with E-state index in [1.165, 1.54) is 0 Å². The zero-order valence-electron chi connectivity index (χ0n) is 13.0. The molecular formula is C15H25ClN2O2. The van der Waals surface area contributed by atoms with Crippen molar-refractivity contribution in [2.75, 3.05) is 13.2 Å². The molecule has 0 radical (unpaired) electrons. The Bertz CT molecular complexity index is 417. The second-order valence-electron chi connectivity index (χ2n) is 6.00. The van der Waals surface area contributed by atoms with Crippen molar-refractivity contribution in [3.05, 3.63) is 22.8 Å². The van der Waals surface area contributed by atoms with Crippen LogP contribution in [0.25, 0.3) is 0 Å². The summed E-state index contributed by atoms with van der Waals surface area (Å²) in [6.07, 6.45) is 1.98. The standard InChI is InChI=1S/C15H25ClN2O2/c1-11(2)19-6-7-20-14-13(16)8-12(9-17-14)10-18-15(3,4)5/h8-9,11,18H,6-7,10H2,1-5H3. The van der Waals surface area contributed by atoms with E-state index in [0.29, 0.717) is 24.1 Å². The number of halogens is 1. The van der Waals surface area contributed by atoms with Gasteiger partial charge in [0.05, 0.1) is 12.7 Å². The van der Waals surface area contributed by atoms with Crippen LogP contribution in [0.15, 0.2) is 12.3 Å². The topological polar surface area (TPSA) is 43.4 Å². The lowest BCUT2D eigenvalue weighted by molar-refractivity contribution is 0.0543. The fourth-order valence-corrected chi connectivity index (χ4v) is 1.70. The van der Waals surface area contributed by atoms with Crippen molar-refractivity contribution in [1.82, 2.24) is 10.3 Å². The Morgan fingerprint density at radius 3 is 2.55 bits per heavy atom. The Morgan fingerprint density at radius 1 is 1.30 bits per heavy atom. The molecule has 0 aliphatic heterocycles. The molecule has 0 fully saturated rings. The Labute approximate surface area is 126 Å². The third-order valence-corrected chi connectivity index (χ3v) is 2.73. The predicted octanol–water partition coefficient (Wildman–Crippen LogP) is 3.43. The van der Waals surface area contributed by atoms with Crippen LogP contribution < -0.4 is 10.1 Å². The molecule has 0 bridgehead atoms. The smallest absolute Gasteiger partial charge is 0.232 e. The quantitative estimate of drug-likeness (QED) is 0.784. The number of ether oxygens (including phenoxy) is 2. The molecule has 0 atom stereocenters. The van der Waals surface area contributed by atoms with E-state index < -0.39 is 0 Å². The van der Waals surface area contributed by atoms with Gasteiger partial charge in [0.1, 0.15) is 11.6 Å². The van der Waals surface area contributed by atoms with Gasteiger partial charge in [0.15, 0.2) is 0 Å². The van der Waals surface area contributed by atoms with Crippen LogP contribution in [0.1, 0.15) is 40.2 Å². The first-order valence-corrected chi connectivity index (χ1v) is 7.29. The second-order valence-corrected chi connectivity index (χ2v) is 6.41. The van der Waals surface area contributed by atoms with Gasteiger partial charge in [-0.2, -0.15) is 0 Å². The minimum Gasteiger partial charge on any atom is -0.474 e. The van der Waals surface area contributed by atoms with E-state index in [1.807, 2.05) is 19.9 Å². The molecular weight excluding hydrogens is 276 g/mol. The molecule has 1 aromatic heterocycles. The summed E-state index contributed by atoms with van der Waals surface area (Å²) in [5.41, 5.74) is 1.10. The van der Waals surface area contributed by atoms with Gasteiger partial charge in [0.25, 0.3) is 0 Å². The number of pyridine rings is 1. The highest BCUT2D eigenvalue weighted by atomic mass is 35.5. The van der Waals surface area contributed by atoms with Gasteiger partial charge in [-0.15, -0.1) is 0 Å². The monoisotopic (exact) mass is 300 g/mol. The van der Waals surface area contributed by atoms with Gasteiger partial charge >= 0.3 is 0 Å². The van der Waals surface area contributed by atoms with Crippen molar-refractivity contribution >= 4 is 11.6 Å². The van der Waals surface area contributed by atoms with Gasteiger partial charge in [-0.05, 0) is 46.2 Å². The molecule has 1 rings (SSSR count). The summed E-state index contributed by atoms with van der Waals surface area (Å²) in [6, 6.07) is 1.88. The molecule has 0 amide bonds. The Hall–Kier alpha value is -0.840. The fraction of sp³-hybridized carbons (Fsp3) is 0.667. The maximum Gasteiger partial charge on any atom is 0.232 e. The van der Waals surface area contributed by atoms with Crippen LogP contribution in [0, 0.1) is 0 Å². The lowest BCUT2D eigenvalue weighted by atomic mass is 10.1. The van der Waals surface area contributed by atoms with Gasteiger partial charge in [0.2, 0.25) is 5.88 Å². The summed E-state index contributed by atoms with van der Waals surface area (Å²) in [7, 11) is 0. The van der Waals surface area contributed by atoms with Gasteiger partial charge in [-0.3, -0.25) is 0 Å². The molecule has 1 heterocycles. The second kappa shape index (κ2) is 7.81. The Morgan fingerprint density at radius 2 is 2.00 bits per heavy atom. The number of aromatic nitrogens is 1. The maximum atomic E-state index is 6.16. The lowest BCUT2D eigenvalue weighted by Crippen LogP contribution is -2.35. The van der Waals surface area contributed by atoms with Gasteiger partial charge < -0.3 is 14.8 Å². The molecule has 0 saturated carbocycles. The Balaban J connectivity index is 2.47. The zero-order valence-corrected chi connectivity index (χ0v) is 13.8. The molecule has 0 unspecified atom stereocenters. The van der Waals surface area contributed by atoms with E-state index >= 15 is 0 Å². The third-order valence-electron chi connectivity index (χ3n) is 2.46. The van der Waals surface area contributed by atoms with Crippen LogP contribution >= 0.6 is 11.6 Å².